The Bertz CT molecular complexity index is 734. The molecule has 24 heavy (non-hydrogen) atoms. The second-order valence-electron chi connectivity index (χ2n) is 5.33. The molecule has 0 atom stereocenters. The van der Waals surface area contributed by atoms with E-state index < -0.39 is 0 Å². The minimum atomic E-state index is 0.0205. The van der Waals surface area contributed by atoms with E-state index in [0.29, 0.717) is 6.61 Å². The van der Waals surface area contributed by atoms with E-state index in [4.69, 9.17) is 9.47 Å². The molecule has 0 aliphatic rings. The zero-order chi connectivity index (χ0) is 17.5. The second kappa shape index (κ2) is 9.16. The fraction of sp³-hybridized carbons (Fsp3) is 0.316. The maximum atomic E-state index is 12.4. The van der Waals surface area contributed by atoms with Crippen molar-refractivity contribution in [3.63, 3.8) is 0 Å². The summed E-state index contributed by atoms with van der Waals surface area (Å²) < 4.78 is 11.5. The van der Waals surface area contributed by atoms with Crippen LogP contribution in [-0.2, 0) is 17.8 Å². The van der Waals surface area contributed by atoms with E-state index in [1.54, 1.807) is 31.6 Å². The van der Waals surface area contributed by atoms with Gasteiger partial charge in [-0.3, -0.25) is 4.79 Å². The number of aryl methyl sites for hydroxylation is 1. The molecule has 0 N–H and O–H groups in total. The van der Waals surface area contributed by atoms with E-state index in [0.717, 1.165) is 39.1 Å². The van der Waals surface area contributed by atoms with Crippen molar-refractivity contribution in [2.45, 2.75) is 26.4 Å². The number of halogens is 1. The number of hydrogen-bond donors (Lipinski definition) is 0. The first-order valence-electron chi connectivity index (χ1n) is 7.75. The molecule has 0 bridgehead atoms. The molecule has 1 aromatic carbocycles. The van der Waals surface area contributed by atoms with E-state index >= 15 is 0 Å². The van der Waals surface area contributed by atoms with Gasteiger partial charge in [-0.25, -0.2) is 0 Å². The van der Waals surface area contributed by atoms with Crippen molar-refractivity contribution in [1.82, 2.24) is 0 Å². The molecular weight excluding hydrogens is 388 g/mol. The number of ether oxygens (including phenoxy) is 2. The summed E-state index contributed by atoms with van der Waals surface area (Å²) in [7, 11) is 3.28. The number of benzene rings is 1. The molecule has 0 aliphatic carbocycles. The number of rotatable bonds is 8. The topological polar surface area (TPSA) is 35.5 Å². The van der Waals surface area contributed by atoms with Gasteiger partial charge < -0.3 is 9.47 Å². The number of allylic oxidation sites excluding steroid dienone is 1. The van der Waals surface area contributed by atoms with Gasteiger partial charge in [0, 0.05) is 22.0 Å². The van der Waals surface area contributed by atoms with Crippen LogP contribution in [0.5, 0.6) is 5.75 Å². The third-order valence-electron chi connectivity index (χ3n) is 3.51. The van der Waals surface area contributed by atoms with Crippen LogP contribution in [0.15, 0.2) is 34.8 Å². The standard InChI is InChI=1S/C19H21BrO3S/c1-4-5-18-15(20)11-19(24-18)16(21)8-6-13-7-9-17(23-3)14(10-13)12-22-2/h6-11H,4-5,12H2,1-3H3/b8-6+. The first kappa shape index (κ1) is 18.9. The summed E-state index contributed by atoms with van der Waals surface area (Å²) in [6, 6.07) is 7.69. The minimum absolute atomic E-state index is 0.0205. The molecule has 5 heteroatoms. The molecule has 2 aromatic rings. The summed E-state index contributed by atoms with van der Waals surface area (Å²) in [6.45, 7) is 2.60. The molecular formula is C19H21BrO3S. The van der Waals surface area contributed by atoms with Crippen molar-refractivity contribution >= 4 is 39.1 Å². The zero-order valence-electron chi connectivity index (χ0n) is 14.1. The number of ketones is 1. The highest BCUT2D eigenvalue weighted by atomic mass is 79.9. The third-order valence-corrected chi connectivity index (χ3v) is 5.69. The molecule has 0 spiro atoms. The number of thiophene rings is 1. The van der Waals surface area contributed by atoms with E-state index in [9.17, 15) is 4.79 Å². The Labute approximate surface area is 155 Å². The largest absolute Gasteiger partial charge is 0.496 e. The van der Waals surface area contributed by atoms with Crippen LogP contribution in [-0.4, -0.2) is 20.0 Å². The van der Waals surface area contributed by atoms with Gasteiger partial charge >= 0.3 is 0 Å². The van der Waals surface area contributed by atoms with Crippen LogP contribution in [0.1, 0.15) is 39.0 Å². The number of carbonyl (C=O) groups excluding carboxylic acids is 1. The highest BCUT2D eigenvalue weighted by Gasteiger charge is 2.11. The van der Waals surface area contributed by atoms with Crippen LogP contribution in [0.25, 0.3) is 6.08 Å². The van der Waals surface area contributed by atoms with Gasteiger partial charge in [-0.1, -0.05) is 25.5 Å². The predicted molar refractivity (Wildman–Crippen MR) is 103 cm³/mol. The fourth-order valence-corrected chi connectivity index (χ4v) is 4.24. The van der Waals surface area contributed by atoms with Crippen LogP contribution in [0, 0.1) is 0 Å². The Morgan fingerprint density at radius 2 is 2.08 bits per heavy atom. The minimum Gasteiger partial charge on any atom is -0.496 e. The van der Waals surface area contributed by atoms with Crippen LogP contribution in [0.2, 0.25) is 0 Å². The van der Waals surface area contributed by atoms with E-state index in [1.807, 2.05) is 30.3 Å². The molecule has 0 aliphatic heterocycles. The van der Waals surface area contributed by atoms with Crippen LogP contribution in [0.4, 0.5) is 0 Å². The van der Waals surface area contributed by atoms with Gasteiger partial charge in [-0.05, 0) is 52.2 Å². The first-order chi connectivity index (χ1) is 11.6. The van der Waals surface area contributed by atoms with Crippen molar-refractivity contribution < 1.29 is 14.3 Å². The van der Waals surface area contributed by atoms with E-state index in [1.165, 1.54) is 4.88 Å². The van der Waals surface area contributed by atoms with E-state index in [2.05, 4.69) is 22.9 Å². The highest BCUT2D eigenvalue weighted by molar-refractivity contribution is 9.10. The molecule has 2 rings (SSSR count). The van der Waals surface area contributed by atoms with Crippen molar-refractivity contribution in [3.8, 4) is 5.75 Å². The van der Waals surface area contributed by atoms with Crippen LogP contribution >= 0.6 is 27.3 Å². The number of hydrogen-bond acceptors (Lipinski definition) is 4. The Morgan fingerprint density at radius 3 is 2.75 bits per heavy atom. The molecule has 0 saturated heterocycles. The summed E-state index contributed by atoms with van der Waals surface area (Å²) in [5.41, 5.74) is 1.90. The summed E-state index contributed by atoms with van der Waals surface area (Å²) in [5.74, 6) is 0.805. The second-order valence-corrected chi connectivity index (χ2v) is 7.32. The number of methoxy groups -OCH3 is 2. The monoisotopic (exact) mass is 408 g/mol. The molecule has 128 valence electrons. The molecule has 0 saturated carbocycles. The predicted octanol–water partition coefficient (Wildman–Crippen LogP) is 5.51. The third kappa shape index (κ3) is 4.79. The van der Waals surface area contributed by atoms with Gasteiger partial charge in [0.15, 0.2) is 5.78 Å². The van der Waals surface area contributed by atoms with Crippen LogP contribution < -0.4 is 4.74 Å². The lowest BCUT2D eigenvalue weighted by Gasteiger charge is -2.08. The maximum Gasteiger partial charge on any atom is 0.195 e. The smallest absolute Gasteiger partial charge is 0.195 e. The summed E-state index contributed by atoms with van der Waals surface area (Å²) in [5, 5.41) is 0. The van der Waals surface area contributed by atoms with Crippen molar-refractivity contribution in [2.75, 3.05) is 14.2 Å². The summed E-state index contributed by atoms with van der Waals surface area (Å²) in [4.78, 5) is 14.4. The lowest BCUT2D eigenvalue weighted by molar-refractivity contribution is 0.105. The van der Waals surface area contributed by atoms with Gasteiger partial charge in [0.2, 0.25) is 0 Å². The molecule has 1 aromatic heterocycles. The van der Waals surface area contributed by atoms with Crippen molar-refractivity contribution in [3.05, 3.63) is 55.7 Å². The van der Waals surface area contributed by atoms with Gasteiger partial charge in [-0.15, -0.1) is 11.3 Å². The summed E-state index contributed by atoms with van der Waals surface area (Å²) in [6.07, 6.45) is 5.50. The molecule has 0 radical (unpaired) electrons. The molecule has 0 unspecified atom stereocenters. The van der Waals surface area contributed by atoms with Gasteiger partial charge in [0.1, 0.15) is 5.75 Å². The molecule has 0 amide bonds. The van der Waals surface area contributed by atoms with Gasteiger partial charge in [0.05, 0.1) is 18.6 Å². The lowest BCUT2D eigenvalue weighted by atomic mass is 10.1. The zero-order valence-corrected chi connectivity index (χ0v) is 16.5. The average Bonchev–Trinajstić information content (AvgIpc) is 2.94. The van der Waals surface area contributed by atoms with Crippen LogP contribution in [0.3, 0.4) is 0 Å². The van der Waals surface area contributed by atoms with Crippen molar-refractivity contribution in [1.29, 1.82) is 0 Å². The average molecular weight is 409 g/mol. The first-order valence-corrected chi connectivity index (χ1v) is 9.36. The number of carbonyl (C=O) groups is 1. The fourth-order valence-electron chi connectivity index (χ4n) is 2.35. The normalized spacial score (nSPS) is 11.2. The van der Waals surface area contributed by atoms with Gasteiger partial charge in [-0.2, -0.15) is 0 Å². The SMILES string of the molecule is CCCc1sc(C(=O)/C=C/c2ccc(OC)c(COC)c2)cc1Br. The highest BCUT2D eigenvalue weighted by Crippen LogP contribution is 2.29. The molecule has 1 heterocycles. The lowest BCUT2D eigenvalue weighted by Crippen LogP contribution is -1.95. The Morgan fingerprint density at radius 1 is 1.29 bits per heavy atom. The molecule has 3 nitrogen and oxygen atoms in total. The Kier molecular flexibility index (Phi) is 7.21. The quantitative estimate of drug-likeness (QED) is 0.426. The summed E-state index contributed by atoms with van der Waals surface area (Å²) >= 11 is 5.09. The maximum absolute atomic E-state index is 12.4. The Balaban J connectivity index is 2.16. The van der Waals surface area contributed by atoms with E-state index in [-0.39, 0.29) is 5.78 Å². The van der Waals surface area contributed by atoms with Crippen molar-refractivity contribution in [2.24, 2.45) is 0 Å². The Hall–Kier alpha value is -1.43. The molecule has 0 fully saturated rings. The van der Waals surface area contributed by atoms with Gasteiger partial charge in [0.25, 0.3) is 0 Å².